The summed E-state index contributed by atoms with van der Waals surface area (Å²) in [7, 11) is 1.79. The highest BCUT2D eigenvalue weighted by Crippen LogP contribution is 2.22. The number of amides is 1. The Balaban J connectivity index is 0.00000400. The van der Waals surface area contributed by atoms with Gasteiger partial charge in [0.2, 0.25) is 0 Å². The maximum atomic E-state index is 12.1. The highest BCUT2D eigenvalue weighted by Gasteiger charge is 2.21. The first-order valence-corrected chi connectivity index (χ1v) is 6.90. The molecular formula is C16H27ClN2O2. The Morgan fingerprint density at radius 3 is 2.29 bits per heavy atom. The lowest BCUT2D eigenvalue weighted by atomic mass is 9.93. The van der Waals surface area contributed by atoms with E-state index in [-0.39, 0.29) is 30.3 Å². The molecule has 1 amide bonds. The van der Waals surface area contributed by atoms with E-state index in [1.165, 1.54) is 0 Å². The van der Waals surface area contributed by atoms with Crippen molar-refractivity contribution in [2.45, 2.75) is 27.7 Å². The number of ether oxygens (including phenoxy) is 1. The van der Waals surface area contributed by atoms with Gasteiger partial charge in [-0.25, -0.2) is 0 Å². The van der Waals surface area contributed by atoms with E-state index in [0.717, 1.165) is 16.9 Å². The Bertz CT molecular complexity index is 455. The van der Waals surface area contributed by atoms with Crippen LogP contribution >= 0.6 is 12.4 Å². The minimum atomic E-state index is -0.0804. The summed E-state index contributed by atoms with van der Waals surface area (Å²) in [6.07, 6.45) is 0. The van der Waals surface area contributed by atoms with Crippen molar-refractivity contribution in [2.24, 2.45) is 11.1 Å². The largest absolute Gasteiger partial charge is 0.483 e. The van der Waals surface area contributed by atoms with Crippen molar-refractivity contribution >= 4 is 18.3 Å². The molecule has 0 aliphatic heterocycles. The molecule has 1 aromatic rings. The Hall–Kier alpha value is -1.26. The molecule has 21 heavy (non-hydrogen) atoms. The Morgan fingerprint density at radius 2 is 1.81 bits per heavy atom. The second-order valence-corrected chi connectivity index (χ2v) is 6.13. The number of rotatable bonds is 6. The number of benzene rings is 1. The molecule has 0 fully saturated rings. The summed E-state index contributed by atoms with van der Waals surface area (Å²) in [5.74, 6) is 0.765. The fraction of sp³-hybridized carbons (Fsp3) is 0.562. The molecule has 0 spiro atoms. The van der Waals surface area contributed by atoms with Gasteiger partial charge in [0.1, 0.15) is 5.75 Å². The predicted molar refractivity (Wildman–Crippen MR) is 89.1 cm³/mol. The van der Waals surface area contributed by atoms with Crippen LogP contribution in [0.4, 0.5) is 0 Å². The standard InChI is InChI=1S/C16H26N2O2.ClH/c1-12-7-6-8-13(2)15(12)20-9-14(19)18(5)11-16(3,4)10-17;/h6-8H,9-11,17H2,1-5H3;1H. The third kappa shape index (κ3) is 5.94. The smallest absolute Gasteiger partial charge is 0.260 e. The molecule has 2 N–H and O–H groups in total. The van der Waals surface area contributed by atoms with Crippen LogP contribution in [-0.2, 0) is 4.79 Å². The van der Waals surface area contributed by atoms with Gasteiger partial charge in [0.15, 0.2) is 6.61 Å². The highest BCUT2D eigenvalue weighted by molar-refractivity contribution is 5.85. The molecule has 0 heterocycles. The maximum Gasteiger partial charge on any atom is 0.260 e. The molecule has 0 radical (unpaired) electrons. The number of hydrogen-bond acceptors (Lipinski definition) is 3. The number of nitrogens with two attached hydrogens (primary N) is 1. The second kappa shape index (κ2) is 8.25. The van der Waals surface area contributed by atoms with Gasteiger partial charge in [-0.2, -0.15) is 0 Å². The molecule has 0 aromatic heterocycles. The summed E-state index contributed by atoms with van der Waals surface area (Å²) in [4.78, 5) is 13.8. The normalized spacial score (nSPS) is 10.8. The van der Waals surface area contributed by atoms with E-state index in [9.17, 15) is 4.79 Å². The summed E-state index contributed by atoms with van der Waals surface area (Å²) >= 11 is 0. The molecule has 5 heteroatoms. The monoisotopic (exact) mass is 314 g/mol. The minimum Gasteiger partial charge on any atom is -0.483 e. The number of aryl methyl sites for hydroxylation is 2. The van der Waals surface area contributed by atoms with Gasteiger partial charge in [0.05, 0.1) is 0 Å². The summed E-state index contributed by atoms with van der Waals surface area (Å²) in [5.41, 5.74) is 7.70. The van der Waals surface area contributed by atoms with Crippen molar-refractivity contribution in [3.8, 4) is 5.75 Å². The van der Waals surface area contributed by atoms with Crippen LogP contribution < -0.4 is 10.5 Å². The van der Waals surface area contributed by atoms with E-state index in [0.29, 0.717) is 13.1 Å². The van der Waals surface area contributed by atoms with Crippen molar-refractivity contribution in [1.29, 1.82) is 0 Å². The van der Waals surface area contributed by atoms with Gasteiger partial charge in [-0.15, -0.1) is 12.4 Å². The molecule has 0 aliphatic rings. The first kappa shape index (κ1) is 19.7. The molecule has 1 aromatic carbocycles. The summed E-state index contributed by atoms with van der Waals surface area (Å²) in [6, 6.07) is 5.94. The van der Waals surface area contributed by atoms with Crippen LogP contribution in [0, 0.1) is 19.3 Å². The van der Waals surface area contributed by atoms with E-state index in [2.05, 4.69) is 0 Å². The van der Waals surface area contributed by atoms with Crippen LogP contribution in [0.15, 0.2) is 18.2 Å². The second-order valence-electron chi connectivity index (χ2n) is 6.13. The average Bonchev–Trinajstić information content (AvgIpc) is 2.37. The Kier molecular flexibility index (Phi) is 7.75. The van der Waals surface area contributed by atoms with E-state index in [1.807, 2.05) is 45.9 Å². The van der Waals surface area contributed by atoms with Crippen LogP contribution in [0.25, 0.3) is 0 Å². The van der Waals surface area contributed by atoms with E-state index in [4.69, 9.17) is 10.5 Å². The fourth-order valence-corrected chi connectivity index (χ4v) is 2.07. The topological polar surface area (TPSA) is 55.6 Å². The number of likely N-dealkylation sites (N-methyl/N-ethyl adjacent to an activating group) is 1. The van der Waals surface area contributed by atoms with Gasteiger partial charge in [0, 0.05) is 13.6 Å². The predicted octanol–water partition coefficient (Wildman–Crippen LogP) is 2.55. The van der Waals surface area contributed by atoms with Crippen LogP contribution in [0.2, 0.25) is 0 Å². The van der Waals surface area contributed by atoms with Crippen LogP contribution in [0.1, 0.15) is 25.0 Å². The zero-order chi connectivity index (χ0) is 15.3. The van der Waals surface area contributed by atoms with Crippen molar-refractivity contribution in [2.75, 3.05) is 26.7 Å². The molecule has 120 valence electrons. The molecule has 0 saturated carbocycles. The number of halogens is 1. The molecule has 0 saturated heterocycles. The van der Waals surface area contributed by atoms with Crippen molar-refractivity contribution < 1.29 is 9.53 Å². The van der Waals surface area contributed by atoms with Gasteiger partial charge >= 0.3 is 0 Å². The first-order chi connectivity index (χ1) is 9.26. The van der Waals surface area contributed by atoms with E-state index >= 15 is 0 Å². The highest BCUT2D eigenvalue weighted by atomic mass is 35.5. The van der Waals surface area contributed by atoms with Gasteiger partial charge in [-0.1, -0.05) is 32.0 Å². The molecule has 0 bridgehead atoms. The SMILES string of the molecule is Cc1cccc(C)c1OCC(=O)N(C)CC(C)(C)CN.Cl. The van der Waals surface area contributed by atoms with Gasteiger partial charge < -0.3 is 15.4 Å². The zero-order valence-electron chi connectivity index (χ0n) is 13.6. The number of hydrogen-bond donors (Lipinski definition) is 1. The van der Waals surface area contributed by atoms with E-state index < -0.39 is 0 Å². The number of carbonyl (C=O) groups excluding carboxylic acids is 1. The third-order valence-electron chi connectivity index (χ3n) is 3.39. The summed E-state index contributed by atoms with van der Waals surface area (Å²) < 4.78 is 5.68. The molecule has 1 rings (SSSR count). The molecule has 0 aliphatic carbocycles. The lowest BCUT2D eigenvalue weighted by Crippen LogP contribution is -2.41. The summed E-state index contributed by atoms with van der Waals surface area (Å²) in [6.45, 7) is 9.28. The van der Waals surface area contributed by atoms with Crippen LogP contribution in [0.3, 0.4) is 0 Å². The van der Waals surface area contributed by atoms with Crippen molar-refractivity contribution in [3.05, 3.63) is 29.3 Å². The maximum absolute atomic E-state index is 12.1. The molecular weight excluding hydrogens is 288 g/mol. The molecule has 4 nitrogen and oxygen atoms in total. The average molecular weight is 315 g/mol. The third-order valence-corrected chi connectivity index (χ3v) is 3.39. The van der Waals surface area contributed by atoms with Crippen molar-refractivity contribution in [1.82, 2.24) is 4.90 Å². The van der Waals surface area contributed by atoms with Crippen LogP contribution in [0.5, 0.6) is 5.75 Å². The number of para-hydroxylation sites is 1. The molecule has 0 unspecified atom stereocenters. The van der Waals surface area contributed by atoms with Crippen molar-refractivity contribution in [3.63, 3.8) is 0 Å². The van der Waals surface area contributed by atoms with Gasteiger partial charge in [-0.3, -0.25) is 4.79 Å². The molecule has 0 atom stereocenters. The quantitative estimate of drug-likeness (QED) is 0.878. The van der Waals surface area contributed by atoms with Gasteiger partial charge in [0.25, 0.3) is 5.91 Å². The lowest BCUT2D eigenvalue weighted by Gasteiger charge is -2.29. The summed E-state index contributed by atoms with van der Waals surface area (Å²) in [5, 5.41) is 0. The first-order valence-electron chi connectivity index (χ1n) is 6.90. The van der Waals surface area contributed by atoms with E-state index in [1.54, 1.807) is 11.9 Å². The minimum absolute atomic E-state index is 0. The number of nitrogens with zero attached hydrogens (tertiary/aromatic N) is 1. The lowest BCUT2D eigenvalue weighted by molar-refractivity contribution is -0.133. The fourth-order valence-electron chi connectivity index (χ4n) is 2.07. The van der Waals surface area contributed by atoms with Crippen LogP contribution in [-0.4, -0.2) is 37.6 Å². The zero-order valence-corrected chi connectivity index (χ0v) is 14.4. The Labute approximate surface area is 134 Å². The Morgan fingerprint density at radius 1 is 1.29 bits per heavy atom. The number of carbonyl (C=O) groups is 1. The van der Waals surface area contributed by atoms with Gasteiger partial charge in [-0.05, 0) is 36.9 Å².